The van der Waals surface area contributed by atoms with Crippen molar-refractivity contribution in [2.24, 2.45) is 0 Å². The first kappa shape index (κ1) is 13.1. The van der Waals surface area contributed by atoms with Crippen LogP contribution < -0.4 is 5.32 Å². The van der Waals surface area contributed by atoms with Gasteiger partial charge >= 0.3 is 0 Å². The van der Waals surface area contributed by atoms with E-state index in [1.54, 1.807) is 11.1 Å². The average Bonchev–Trinajstić information content (AvgIpc) is 2.89. The molecule has 3 rings (SSSR count). The van der Waals surface area contributed by atoms with Gasteiger partial charge in [0.1, 0.15) is 0 Å². The summed E-state index contributed by atoms with van der Waals surface area (Å²) in [5.74, 6) is 0. The summed E-state index contributed by atoms with van der Waals surface area (Å²) in [6.07, 6.45) is 7.15. The zero-order chi connectivity index (χ0) is 13.1. The van der Waals surface area contributed by atoms with Crippen molar-refractivity contribution in [3.05, 3.63) is 34.9 Å². The summed E-state index contributed by atoms with van der Waals surface area (Å²) in [6, 6.07) is 7.91. The lowest BCUT2D eigenvalue weighted by atomic mass is 9.94. The van der Waals surface area contributed by atoms with Crippen LogP contribution in [0.5, 0.6) is 0 Å². The lowest BCUT2D eigenvalue weighted by molar-refractivity contribution is 0.156. The van der Waals surface area contributed by atoms with Crippen LogP contribution in [0.2, 0.25) is 0 Å². The number of nitrogens with one attached hydrogen (secondary N) is 1. The highest BCUT2D eigenvalue weighted by Crippen LogP contribution is 2.31. The third-order valence-corrected chi connectivity index (χ3v) is 4.69. The maximum atomic E-state index is 3.42. The molecule has 0 amide bonds. The molecule has 1 aromatic carbocycles. The van der Waals surface area contributed by atoms with Crippen LogP contribution in [0.1, 0.15) is 55.7 Å². The fourth-order valence-corrected chi connectivity index (χ4v) is 3.56. The number of benzene rings is 1. The van der Waals surface area contributed by atoms with Gasteiger partial charge < -0.3 is 5.32 Å². The highest BCUT2D eigenvalue weighted by atomic mass is 15.2. The first-order valence-electron chi connectivity index (χ1n) is 7.92. The van der Waals surface area contributed by atoms with Crippen LogP contribution in [0.3, 0.4) is 0 Å². The maximum absolute atomic E-state index is 3.42. The van der Waals surface area contributed by atoms with Crippen LogP contribution in [0.4, 0.5) is 0 Å². The summed E-state index contributed by atoms with van der Waals surface area (Å²) in [4.78, 5) is 2.71. The minimum atomic E-state index is 0.846. The molecule has 0 saturated heterocycles. The lowest BCUT2D eigenvalue weighted by Gasteiger charge is -2.30. The lowest BCUT2D eigenvalue weighted by Crippen LogP contribution is -2.32. The molecular formula is C17H26N2. The van der Waals surface area contributed by atoms with Crippen molar-refractivity contribution in [2.45, 2.75) is 64.7 Å². The monoisotopic (exact) mass is 258 g/mol. The van der Waals surface area contributed by atoms with Gasteiger partial charge in [0.15, 0.2) is 0 Å². The Morgan fingerprint density at radius 2 is 1.89 bits per heavy atom. The molecule has 0 atom stereocenters. The van der Waals surface area contributed by atoms with E-state index in [2.05, 4.69) is 35.3 Å². The normalized spacial score (nSPS) is 20.7. The molecule has 1 N–H and O–H groups in total. The van der Waals surface area contributed by atoms with Gasteiger partial charge in [0.25, 0.3) is 0 Å². The summed E-state index contributed by atoms with van der Waals surface area (Å²) < 4.78 is 0. The molecule has 1 aliphatic carbocycles. The SMILES string of the molecule is CCNCc1ccc2c(c1)CN(C1CCCCC1)C2. The fourth-order valence-electron chi connectivity index (χ4n) is 3.56. The van der Waals surface area contributed by atoms with Gasteiger partial charge in [-0.1, -0.05) is 44.4 Å². The summed E-state index contributed by atoms with van der Waals surface area (Å²) in [5, 5.41) is 3.42. The van der Waals surface area contributed by atoms with Crippen molar-refractivity contribution in [2.75, 3.05) is 6.54 Å². The Bertz CT molecular complexity index is 421. The Hall–Kier alpha value is -0.860. The molecule has 2 aliphatic rings. The van der Waals surface area contributed by atoms with Crippen molar-refractivity contribution < 1.29 is 0 Å². The molecule has 104 valence electrons. The minimum absolute atomic E-state index is 0.846. The van der Waals surface area contributed by atoms with Gasteiger partial charge in [0.05, 0.1) is 0 Å². The van der Waals surface area contributed by atoms with Crippen LogP contribution in [0.15, 0.2) is 18.2 Å². The predicted octanol–water partition coefficient (Wildman–Crippen LogP) is 3.44. The van der Waals surface area contributed by atoms with Gasteiger partial charge in [-0.05, 0) is 36.1 Å². The first-order chi connectivity index (χ1) is 9.36. The van der Waals surface area contributed by atoms with E-state index in [1.807, 2.05) is 0 Å². The standard InChI is InChI=1S/C17H26N2/c1-2-18-11-14-8-9-15-12-19(13-16(15)10-14)17-6-4-3-5-7-17/h8-10,17-18H,2-7,11-13H2,1H3. The molecule has 0 radical (unpaired) electrons. The molecule has 2 nitrogen and oxygen atoms in total. The molecule has 2 heteroatoms. The summed E-state index contributed by atoms with van der Waals surface area (Å²) in [6.45, 7) is 6.58. The van der Waals surface area contributed by atoms with Crippen molar-refractivity contribution in [3.63, 3.8) is 0 Å². The van der Waals surface area contributed by atoms with Crippen molar-refractivity contribution in [1.29, 1.82) is 0 Å². The molecule has 1 saturated carbocycles. The van der Waals surface area contributed by atoms with Gasteiger partial charge in [-0.3, -0.25) is 4.90 Å². The van der Waals surface area contributed by atoms with Crippen molar-refractivity contribution in [3.8, 4) is 0 Å². The Morgan fingerprint density at radius 3 is 2.68 bits per heavy atom. The van der Waals surface area contributed by atoms with Crippen molar-refractivity contribution >= 4 is 0 Å². The quantitative estimate of drug-likeness (QED) is 0.890. The largest absolute Gasteiger partial charge is 0.313 e. The molecular weight excluding hydrogens is 232 g/mol. The number of nitrogens with zero attached hydrogens (tertiary/aromatic N) is 1. The minimum Gasteiger partial charge on any atom is -0.313 e. The van der Waals surface area contributed by atoms with Crippen LogP contribution >= 0.6 is 0 Å². The number of hydrogen-bond acceptors (Lipinski definition) is 2. The van der Waals surface area contributed by atoms with Gasteiger partial charge in [0, 0.05) is 25.7 Å². The Kier molecular flexibility index (Phi) is 4.19. The Balaban J connectivity index is 1.65. The van der Waals surface area contributed by atoms with Crippen LogP contribution in [0, 0.1) is 0 Å². The van der Waals surface area contributed by atoms with E-state index < -0.39 is 0 Å². The van der Waals surface area contributed by atoms with Crippen LogP contribution in [0.25, 0.3) is 0 Å². The zero-order valence-electron chi connectivity index (χ0n) is 12.1. The van der Waals surface area contributed by atoms with E-state index in [1.165, 1.54) is 50.8 Å². The van der Waals surface area contributed by atoms with E-state index in [9.17, 15) is 0 Å². The summed E-state index contributed by atoms with van der Waals surface area (Å²) >= 11 is 0. The molecule has 19 heavy (non-hydrogen) atoms. The highest BCUT2D eigenvalue weighted by Gasteiger charge is 2.26. The molecule has 0 aromatic heterocycles. The van der Waals surface area contributed by atoms with Gasteiger partial charge in [-0.15, -0.1) is 0 Å². The zero-order valence-corrected chi connectivity index (χ0v) is 12.1. The topological polar surface area (TPSA) is 15.3 Å². The molecule has 0 bridgehead atoms. The second-order valence-electron chi connectivity index (χ2n) is 6.08. The van der Waals surface area contributed by atoms with Gasteiger partial charge in [-0.2, -0.15) is 0 Å². The predicted molar refractivity (Wildman–Crippen MR) is 79.9 cm³/mol. The van der Waals surface area contributed by atoms with E-state index in [4.69, 9.17) is 0 Å². The number of fused-ring (bicyclic) bond motifs is 1. The van der Waals surface area contributed by atoms with Gasteiger partial charge in [0.2, 0.25) is 0 Å². The highest BCUT2D eigenvalue weighted by molar-refractivity contribution is 5.35. The maximum Gasteiger partial charge on any atom is 0.0243 e. The van der Waals surface area contributed by atoms with Crippen LogP contribution in [-0.4, -0.2) is 17.5 Å². The third kappa shape index (κ3) is 3.01. The molecule has 0 unspecified atom stereocenters. The van der Waals surface area contributed by atoms with E-state index in [-0.39, 0.29) is 0 Å². The average molecular weight is 258 g/mol. The van der Waals surface area contributed by atoms with E-state index in [0.717, 1.165) is 19.1 Å². The number of rotatable bonds is 4. The second kappa shape index (κ2) is 6.06. The van der Waals surface area contributed by atoms with E-state index >= 15 is 0 Å². The second-order valence-corrected chi connectivity index (χ2v) is 6.08. The molecule has 1 fully saturated rings. The molecule has 1 aromatic rings. The molecule has 0 spiro atoms. The Labute approximate surface area is 117 Å². The molecule has 1 heterocycles. The summed E-state index contributed by atoms with van der Waals surface area (Å²) in [5.41, 5.74) is 4.57. The Morgan fingerprint density at radius 1 is 1.11 bits per heavy atom. The van der Waals surface area contributed by atoms with E-state index in [0.29, 0.717) is 0 Å². The smallest absolute Gasteiger partial charge is 0.0243 e. The van der Waals surface area contributed by atoms with Gasteiger partial charge in [-0.25, -0.2) is 0 Å². The fraction of sp³-hybridized carbons (Fsp3) is 0.647. The van der Waals surface area contributed by atoms with Crippen molar-refractivity contribution in [1.82, 2.24) is 10.2 Å². The summed E-state index contributed by atoms with van der Waals surface area (Å²) in [7, 11) is 0. The third-order valence-electron chi connectivity index (χ3n) is 4.69. The molecule has 1 aliphatic heterocycles. The van der Waals surface area contributed by atoms with Crippen LogP contribution in [-0.2, 0) is 19.6 Å². The first-order valence-corrected chi connectivity index (χ1v) is 7.92. The number of hydrogen-bond donors (Lipinski definition) is 1.